The molecule has 0 saturated heterocycles. The number of carboxylic acid groups (broad SMARTS) is 1. The number of anilines is 1. The molecule has 1 amide bonds. The molecule has 1 unspecified atom stereocenters. The van der Waals surface area contributed by atoms with E-state index in [1.807, 2.05) is 66.7 Å². The molecule has 0 heterocycles. The molecule has 10 heteroatoms. The van der Waals surface area contributed by atoms with Gasteiger partial charge in [-0.15, -0.1) is 0 Å². The summed E-state index contributed by atoms with van der Waals surface area (Å²) in [7, 11) is 0. The number of alkyl halides is 3. The zero-order chi connectivity index (χ0) is 36.1. The third kappa shape index (κ3) is 9.09. The minimum Gasteiger partial charge on any atom is -0.480 e. The summed E-state index contributed by atoms with van der Waals surface area (Å²) in [6.45, 7) is 6.19. The molecule has 5 aromatic rings. The monoisotopic (exact) mass is 682 g/mol. The molecule has 4 N–H and O–H groups in total. The minimum atomic E-state index is -4.51. The predicted molar refractivity (Wildman–Crippen MR) is 186 cm³/mol. The minimum absolute atomic E-state index is 0.0107. The molecule has 0 fully saturated rings. The van der Waals surface area contributed by atoms with E-state index in [-0.39, 0.29) is 34.6 Å². The van der Waals surface area contributed by atoms with Gasteiger partial charge >= 0.3 is 12.1 Å². The highest BCUT2D eigenvalue weighted by Gasteiger charge is 2.30. The molecular formula is C40H37F3N2O5. The number of ether oxygens (including phenoxy) is 1. The molecule has 0 aliphatic rings. The van der Waals surface area contributed by atoms with Crippen LogP contribution in [0.25, 0.3) is 11.1 Å². The van der Waals surface area contributed by atoms with E-state index in [0.717, 1.165) is 28.8 Å². The van der Waals surface area contributed by atoms with E-state index in [4.69, 9.17) is 4.74 Å². The second-order valence-electron chi connectivity index (χ2n) is 12.9. The van der Waals surface area contributed by atoms with Crippen molar-refractivity contribution in [3.8, 4) is 22.6 Å². The van der Waals surface area contributed by atoms with Gasteiger partial charge in [-0.05, 0) is 64.1 Å². The number of hydrogen-bond donors (Lipinski definition) is 4. The average molecular weight is 683 g/mol. The van der Waals surface area contributed by atoms with Gasteiger partial charge in [0.15, 0.2) is 6.23 Å². The first-order chi connectivity index (χ1) is 23.7. The normalized spacial score (nSPS) is 12.9. The Labute approximate surface area is 288 Å². The lowest BCUT2D eigenvalue weighted by Gasteiger charge is -2.22. The Morgan fingerprint density at radius 2 is 1.32 bits per heavy atom. The number of hydrogen-bond acceptors (Lipinski definition) is 5. The second-order valence-corrected chi connectivity index (χ2v) is 12.9. The number of aliphatic hydroxyl groups excluding tert-OH is 1. The lowest BCUT2D eigenvalue weighted by molar-refractivity contribution is -0.139. The van der Waals surface area contributed by atoms with E-state index in [0.29, 0.717) is 11.1 Å². The molecule has 0 radical (unpaired) electrons. The number of rotatable bonds is 11. The van der Waals surface area contributed by atoms with Crippen molar-refractivity contribution in [2.75, 3.05) is 5.32 Å². The van der Waals surface area contributed by atoms with E-state index in [1.54, 1.807) is 12.1 Å². The van der Waals surface area contributed by atoms with Crippen LogP contribution >= 0.6 is 0 Å². The SMILES string of the molecule is CC(C)(C)c1ccc(C(O)Nc2cc(Oc3ccc(C(F)(F)F)cc3)ccc2C(=O)N[C@@H](Cc2ccc(-c3ccccc3)cc2)C(=O)O)cc1. The summed E-state index contributed by atoms with van der Waals surface area (Å²) >= 11 is 0. The van der Waals surface area contributed by atoms with E-state index in [1.165, 1.54) is 30.3 Å². The van der Waals surface area contributed by atoms with Gasteiger partial charge in [0.25, 0.3) is 5.91 Å². The molecule has 0 aliphatic heterocycles. The van der Waals surface area contributed by atoms with Gasteiger partial charge in [-0.1, -0.05) is 99.6 Å². The van der Waals surface area contributed by atoms with Crippen LogP contribution in [0.1, 0.15) is 59.6 Å². The molecule has 258 valence electrons. The fraction of sp³-hybridized carbons (Fsp3) is 0.200. The zero-order valence-corrected chi connectivity index (χ0v) is 27.7. The van der Waals surface area contributed by atoms with Crippen LogP contribution in [0.5, 0.6) is 11.5 Å². The largest absolute Gasteiger partial charge is 0.480 e. The van der Waals surface area contributed by atoms with E-state index >= 15 is 0 Å². The molecule has 50 heavy (non-hydrogen) atoms. The fourth-order valence-electron chi connectivity index (χ4n) is 5.28. The third-order valence-corrected chi connectivity index (χ3v) is 8.14. The molecule has 0 aliphatic carbocycles. The number of halogens is 3. The Morgan fingerprint density at radius 3 is 1.90 bits per heavy atom. The predicted octanol–water partition coefficient (Wildman–Crippen LogP) is 8.99. The highest BCUT2D eigenvalue weighted by Crippen LogP contribution is 2.33. The highest BCUT2D eigenvalue weighted by molar-refractivity contribution is 6.01. The van der Waals surface area contributed by atoms with E-state index in [9.17, 15) is 33.0 Å². The van der Waals surface area contributed by atoms with Crippen LogP contribution in [0, 0.1) is 0 Å². The first kappa shape index (κ1) is 35.7. The summed E-state index contributed by atoms with van der Waals surface area (Å²) in [6.07, 6.45) is -5.78. The summed E-state index contributed by atoms with van der Waals surface area (Å²) in [4.78, 5) is 25.9. The van der Waals surface area contributed by atoms with Crippen molar-refractivity contribution in [3.05, 3.63) is 149 Å². The highest BCUT2D eigenvalue weighted by atomic mass is 19.4. The van der Waals surface area contributed by atoms with Gasteiger partial charge in [-0.25, -0.2) is 4.79 Å². The average Bonchev–Trinajstić information content (AvgIpc) is 3.08. The van der Waals surface area contributed by atoms with Crippen LogP contribution in [-0.4, -0.2) is 28.1 Å². The summed E-state index contributed by atoms with van der Waals surface area (Å²) in [5.74, 6) is -1.69. The number of benzene rings is 5. The number of carbonyl (C=O) groups excluding carboxylic acids is 1. The lowest BCUT2D eigenvalue weighted by atomic mass is 9.86. The lowest BCUT2D eigenvalue weighted by Crippen LogP contribution is -2.42. The van der Waals surface area contributed by atoms with Gasteiger partial charge in [0, 0.05) is 18.1 Å². The van der Waals surface area contributed by atoms with Crippen LogP contribution in [-0.2, 0) is 22.8 Å². The maximum atomic E-state index is 13.6. The van der Waals surface area contributed by atoms with Gasteiger partial charge in [0.2, 0.25) is 0 Å². The maximum absolute atomic E-state index is 13.6. The van der Waals surface area contributed by atoms with Crippen molar-refractivity contribution < 1.29 is 37.7 Å². The molecule has 2 atom stereocenters. The molecule has 0 bridgehead atoms. The van der Waals surface area contributed by atoms with Crippen LogP contribution in [0.3, 0.4) is 0 Å². The molecule has 0 spiro atoms. The first-order valence-electron chi connectivity index (χ1n) is 15.9. The summed E-state index contributed by atoms with van der Waals surface area (Å²) in [5.41, 5.74) is 3.40. The van der Waals surface area contributed by atoms with Gasteiger partial charge in [0.1, 0.15) is 17.5 Å². The molecule has 0 aromatic heterocycles. The Balaban J connectivity index is 1.39. The van der Waals surface area contributed by atoms with E-state index < -0.39 is 35.9 Å². The van der Waals surface area contributed by atoms with Crippen molar-refractivity contribution in [3.63, 3.8) is 0 Å². The Morgan fingerprint density at radius 1 is 0.740 bits per heavy atom. The number of carbonyl (C=O) groups is 2. The molecule has 5 aromatic carbocycles. The molecule has 7 nitrogen and oxygen atoms in total. The number of aliphatic carboxylic acids is 1. The standard InChI is InChI=1S/C40H37F3N2O5/c1-39(2,3)29-15-13-28(14-16-29)36(46)44-34-24-32(50-31-19-17-30(18-20-31)40(41,42)43)21-22-33(34)37(47)45-35(38(48)49)23-25-9-11-27(12-10-25)26-7-5-4-6-8-26/h4-22,24,35-36,44,46H,23H2,1-3H3,(H,45,47)(H,48,49)/t35-,36?/m0/s1. The first-order valence-corrected chi connectivity index (χ1v) is 15.9. The van der Waals surface area contributed by atoms with Crippen LogP contribution < -0.4 is 15.4 Å². The van der Waals surface area contributed by atoms with Crippen LogP contribution in [0.4, 0.5) is 18.9 Å². The fourth-order valence-corrected chi connectivity index (χ4v) is 5.28. The number of aliphatic hydroxyl groups is 1. The van der Waals surface area contributed by atoms with Gasteiger partial charge < -0.3 is 25.6 Å². The quantitative estimate of drug-likeness (QED) is 0.104. The number of carboxylic acids is 1. The number of amides is 1. The van der Waals surface area contributed by atoms with Crippen LogP contribution in [0.15, 0.2) is 121 Å². The number of nitrogens with one attached hydrogen (secondary N) is 2. The van der Waals surface area contributed by atoms with E-state index in [2.05, 4.69) is 31.4 Å². The van der Waals surface area contributed by atoms with Crippen molar-refractivity contribution >= 4 is 17.6 Å². The van der Waals surface area contributed by atoms with Crippen molar-refractivity contribution in [2.45, 2.75) is 51.1 Å². The summed E-state index contributed by atoms with van der Waals surface area (Å²) in [5, 5.41) is 26.7. The molecule has 5 rings (SSSR count). The van der Waals surface area contributed by atoms with Crippen LogP contribution in [0.2, 0.25) is 0 Å². The van der Waals surface area contributed by atoms with Gasteiger partial charge in [-0.2, -0.15) is 13.2 Å². The summed E-state index contributed by atoms with van der Waals surface area (Å²) < 4.78 is 45.0. The topological polar surface area (TPSA) is 108 Å². The molecular weight excluding hydrogens is 645 g/mol. The van der Waals surface area contributed by atoms with Gasteiger partial charge in [-0.3, -0.25) is 4.79 Å². The zero-order valence-electron chi connectivity index (χ0n) is 27.7. The third-order valence-electron chi connectivity index (χ3n) is 8.14. The second kappa shape index (κ2) is 14.9. The van der Waals surface area contributed by atoms with Crippen molar-refractivity contribution in [2.24, 2.45) is 0 Å². The smallest absolute Gasteiger partial charge is 0.416 e. The van der Waals surface area contributed by atoms with Gasteiger partial charge in [0.05, 0.1) is 16.8 Å². The Kier molecular flexibility index (Phi) is 10.6. The Bertz CT molecular complexity index is 1920. The Hall–Kier alpha value is -5.61. The summed E-state index contributed by atoms with van der Waals surface area (Å²) in [6, 6.07) is 31.5. The maximum Gasteiger partial charge on any atom is 0.416 e. The van der Waals surface area contributed by atoms with Crippen molar-refractivity contribution in [1.29, 1.82) is 0 Å². The molecule has 0 saturated carbocycles. The van der Waals surface area contributed by atoms with Crippen molar-refractivity contribution in [1.82, 2.24) is 5.32 Å².